The van der Waals surface area contributed by atoms with E-state index in [1.807, 2.05) is 5.01 Å². The summed E-state index contributed by atoms with van der Waals surface area (Å²) in [6.45, 7) is 5.86. The van der Waals surface area contributed by atoms with E-state index >= 15 is 0 Å². The van der Waals surface area contributed by atoms with Crippen LogP contribution in [-0.4, -0.2) is 42.6 Å². The Morgan fingerprint density at radius 2 is 1.65 bits per heavy atom. The van der Waals surface area contributed by atoms with Gasteiger partial charge in [-0.25, -0.2) is 5.01 Å². The molecular formula is C14H21N3. The molecule has 0 saturated carbocycles. The van der Waals surface area contributed by atoms with E-state index < -0.39 is 0 Å². The molecule has 2 aliphatic rings. The average Bonchev–Trinajstić information content (AvgIpc) is 2.84. The molecule has 2 N–H and O–H groups in total. The van der Waals surface area contributed by atoms with Gasteiger partial charge in [0.05, 0.1) is 0 Å². The Kier molecular flexibility index (Phi) is 3.14. The number of hydrogen-bond acceptors (Lipinski definition) is 3. The standard InChI is InChI=1S/C14H21N3/c15-17-10-13-8-16(9-14(13)11-17)7-6-12-4-2-1-3-5-12/h1-5,13-14H,6-11,15H2/t13-,14+. The minimum atomic E-state index is 0.816. The van der Waals surface area contributed by atoms with Crippen LogP contribution in [0.15, 0.2) is 30.3 Å². The van der Waals surface area contributed by atoms with Crippen LogP contribution in [0.1, 0.15) is 5.56 Å². The van der Waals surface area contributed by atoms with Gasteiger partial charge in [0.15, 0.2) is 0 Å². The number of nitrogens with two attached hydrogens (primary N) is 1. The Hall–Kier alpha value is -0.900. The molecule has 0 unspecified atom stereocenters. The van der Waals surface area contributed by atoms with Crippen molar-refractivity contribution in [1.29, 1.82) is 0 Å². The highest BCUT2D eigenvalue weighted by Crippen LogP contribution is 2.29. The molecule has 3 nitrogen and oxygen atoms in total. The van der Waals surface area contributed by atoms with Crippen molar-refractivity contribution in [1.82, 2.24) is 9.91 Å². The van der Waals surface area contributed by atoms with Crippen LogP contribution in [0.2, 0.25) is 0 Å². The molecule has 1 aromatic rings. The average molecular weight is 231 g/mol. The van der Waals surface area contributed by atoms with Gasteiger partial charge in [-0.05, 0) is 23.8 Å². The number of hydrazine groups is 1. The third kappa shape index (κ3) is 2.51. The predicted molar refractivity (Wildman–Crippen MR) is 69.3 cm³/mol. The molecule has 17 heavy (non-hydrogen) atoms. The van der Waals surface area contributed by atoms with Gasteiger partial charge in [-0.15, -0.1) is 0 Å². The fourth-order valence-electron chi connectivity index (χ4n) is 3.24. The molecule has 1 aromatic carbocycles. The fourth-order valence-corrected chi connectivity index (χ4v) is 3.24. The first kappa shape index (κ1) is 11.2. The molecule has 0 aromatic heterocycles. The predicted octanol–water partition coefficient (Wildman–Crippen LogP) is 0.966. The van der Waals surface area contributed by atoms with E-state index in [0.29, 0.717) is 0 Å². The van der Waals surface area contributed by atoms with E-state index in [1.54, 1.807) is 0 Å². The third-order valence-electron chi connectivity index (χ3n) is 4.15. The van der Waals surface area contributed by atoms with E-state index in [0.717, 1.165) is 24.9 Å². The minimum Gasteiger partial charge on any atom is -0.302 e. The number of likely N-dealkylation sites (tertiary alicyclic amines) is 1. The van der Waals surface area contributed by atoms with Crippen LogP contribution in [0.25, 0.3) is 0 Å². The van der Waals surface area contributed by atoms with Crippen LogP contribution in [0.4, 0.5) is 0 Å². The summed E-state index contributed by atoms with van der Waals surface area (Å²) in [4.78, 5) is 2.61. The number of nitrogens with zero attached hydrogens (tertiary/aromatic N) is 2. The highest BCUT2D eigenvalue weighted by molar-refractivity contribution is 5.15. The van der Waals surface area contributed by atoms with Gasteiger partial charge in [0.25, 0.3) is 0 Å². The summed E-state index contributed by atoms with van der Waals surface area (Å²) in [5.74, 6) is 7.48. The lowest BCUT2D eigenvalue weighted by Gasteiger charge is -2.18. The monoisotopic (exact) mass is 231 g/mol. The first-order chi connectivity index (χ1) is 8.31. The van der Waals surface area contributed by atoms with Crippen molar-refractivity contribution in [2.45, 2.75) is 6.42 Å². The molecule has 0 bridgehead atoms. The van der Waals surface area contributed by atoms with Crippen molar-refractivity contribution in [3.8, 4) is 0 Å². The van der Waals surface area contributed by atoms with Crippen molar-refractivity contribution < 1.29 is 0 Å². The van der Waals surface area contributed by atoms with Crippen LogP contribution in [0, 0.1) is 11.8 Å². The number of benzene rings is 1. The Bertz CT molecular complexity index is 351. The van der Waals surface area contributed by atoms with Crippen molar-refractivity contribution in [3.05, 3.63) is 35.9 Å². The molecule has 3 heteroatoms. The van der Waals surface area contributed by atoms with E-state index in [1.165, 1.54) is 31.6 Å². The minimum absolute atomic E-state index is 0.816. The van der Waals surface area contributed by atoms with Crippen LogP contribution < -0.4 is 5.84 Å². The lowest BCUT2D eigenvalue weighted by molar-refractivity contribution is 0.261. The summed E-state index contributed by atoms with van der Waals surface area (Å²) >= 11 is 0. The Labute approximate surface area is 103 Å². The first-order valence-corrected chi connectivity index (χ1v) is 6.57. The molecule has 2 saturated heterocycles. The first-order valence-electron chi connectivity index (χ1n) is 6.57. The summed E-state index contributed by atoms with van der Waals surface area (Å²) in [6.07, 6.45) is 1.17. The van der Waals surface area contributed by atoms with Crippen LogP contribution in [0.5, 0.6) is 0 Å². The summed E-state index contributed by atoms with van der Waals surface area (Å²) in [6, 6.07) is 10.8. The van der Waals surface area contributed by atoms with E-state index in [-0.39, 0.29) is 0 Å². The van der Waals surface area contributed by atoms with Gasteiger partial charge >= 0.3 is 0 Å². The molecule has 2 heterocycles. The van der Waals surface area contributed by atoms with Crippen molar-refractivity contribution >= 4 is 0 Å². The molecule has 3 rings (SSSR count). The summed E-state index contributed by atoms with van der Waals surface area (Å²) < 4.78 is 0. The summed E-state index contributed by atoms with van der Waals surface area (Å²) in [5, 5.41) is 1.99. The van der Waals surface area contributed by atoms with Crippen LogP contribution in [-0.2, 0) is 6.42 Å². The van der Waals surface area contributed by atoms with E-state index in [9.17, 15) is 0 Å². The number of fused-ring (bicyclic) bond motifs is 1. The third-order valence-corrected chi connectivity index (χ3v) is 4.15. The Morgan fingerprint density at radius 1 is 1.00 bits per heavy atom. The van der Waals surface area contributed by atoms with Gasteiger partial charge in [0.1, 0.15) is 0 Å². The molecule has 2 aliphatic heterocycles. The number of rotatable bonds is 3. The topological polar surface area (TPSA) is 32.5 Å². The van der Waals surface area contributed by atoms with Gasteiger partial charge in [-0.3, -0.25) is 5.84 Å². The van der Waals surface area contributed by atoms with Gasteiger partial charge in [0, 0.05) is 32.7 Å². The quantitative estimate of drug-likeness (QED) is 0.787. The van der Waals surface area contributed by atoms with E-state index in [2.05, 4.69) is 35.2 Å². The molecule has 2 fully saturated rings. The molecule has 2 atom stereocenters. The second-order valence-corrected chi connectivity index (χ2v) is 5.47. The van der Waals surface area contributed by atoms with Gasteiger partial charge in [-0.2, -0.15) is 0 Å². The zero-order valence-electron chi connectivity index (χ0n) is 10.3. The maximum absolute atomic E-state index is 5.85. The summed E-state index contributed by atoms with van der Waals surface area (Å²) in [7, 11) is 0. The lowest BCUT2D eigenvalue weighted by atomic mass is 10.0. The second kappa shape index (κ2) is 4.77. The van der Waals surface area contributed by atoms with Gasteiger partial charge < -0.3 is 4.90 Å². The lowest BCUT2D eigenvalue weighted by Crippen LogP contribution is -2.33. The molecule has 0 spiro atoms. The molecule has 0 aliphatic carbocycles. The highest BCUT2D eigenvalue weighted by atomic mass is 15.4. The largest absolute Gasteiger partial charge is 0.302 e. The Morgan fingerprint density at radius 3 is 2.29 bits per heavy atom. The number of hydrogen-bond donors (Lipinski definition) is 1. The maximum atomic E-state index is 5.85. The zero-order valence-corrected chi connectivity index (χ0v) is 10.3. The highest BCUT2D eigenvalue weighted by Gasteiger charge is 2.38. The fraction of sp³-hybridized carbons (Fsp3) is 0.571. The molecule has 0 radical (unpaired) electrons. The van der Waals surface area contributed by atoms with Gasteiger partial charge in [0.2, 0.25) is 0 Å². The zero-order chi connectivity index (χ0) is 11.7. The Balaban J connectivity index is 1.49. The van der Waals surface area contributed by atoms with Crippen molar-refractivity contribution in [2.24, 2.45) is 17.7 Å². The molecule has 92 valence electrons. The van der Waals surface area contributed by atoms with Gasteiger partial charge in [-0.1, -0.05) is 30.3 Å². The van der Waals surface area contributed by atoms with Crippen LogP contribution in [0.3, 0.4) is 0 Å². The second-order valence-electron chi connectivity index (χ2n) is 5.47. The SMILES string of the molecule is NN1C[C@@H]2CN(CCc3ccccc3)C[C@@H]2C1. The van der Waals surface area contributed by atoms with E-state index in [4.69, 9.17) is 5.84 Å². The molecule has 0 amide bonds. The summed E-state index contributed by atoms with van der Waals surface area (Å²) in [5.41, 5.74) is 1.45. The van der Waals surface area contributed by atoms with Crippen molar-refractivity contribution in [3.63, 3.8) is 0 Å². The van der Waals surface area contributed by atoms with Crippen LogP contribution >= 0.6 is 0 Å². The smallest absolute Gasteiger partial charge is 0.0172 e. The normalized spacial score (nSPS) is 29.7. The van der Waals surface area contributed by atoms with Crippen molar-refractivity contribution in [2.75, 3.05) is 32.7 Å². The maximum Gasteiger partial charge on any atom is 0.0172 e. The molecular weight excluding hydrogens is 210 g/mol.